The Labute approximate surface area is 181 Å². The summed E-state index contributed by atoms with van der Waals surface area (Å²) in [5.41, 5.74) is 9.12. The smallest absolute Gasteiger partial charge is 0.0187 e. The van der Waals surface area contributed by atoms with Gasteiger partial charge in [0, 0.05) is 0 Å². The molecule has 0 saturated heterocycles. The standard InChI is InChI=1S/C29H44/c1-7-12-13-27(19-28-17-23(8-2)15-24(9-3)18-28)14-22(6)29-20-25(10-4)16-26(11-5)21-29/h15-18,20-22,27H,7-14,19H2,1-6H3. The van der Waals surface area contributed by atoms with E-state index in [1.165, 1.54) is 54.4 Å². The maximum atomic E-state index is 2.47. The molecule has 0 aliphatic heterocycles. The minimum absolute atomic E-state index is 0.633. The second-order valence-electron chi connectivity index (χ2n) is 9.00. The molecule has 0 bridgehead atoms. The number of hydrogen-bond donors (Lipinski definition) is 0. The summed E-state index contributed by atoms with van der Waals surface area (Å²) in [6.45, 7) is 13.9. The Morgan fingerprint density at radius 2 is 1.07 bits per heavy atom. The van der Waals surface area contributed by atoms with Crippen molar-refractivity contribution in [2.75, 3.05) is 0 Å². The largest absolute Gasteiger partial charge is 0.0654 e. The molecular formula is C29H44. The molecule has 0 heterocycles. The van der Waals surface area contributed by atoms with Gasteiger partial charge in [-0.3, -0.25) is 0 Å². The molecule has 0 nitrogen and oxygen atoms in total. The fraction of sp³-hybridized carbons (Fsp3) is 0.586. The quantitative estimate of drug-likeness (QED) is 0.340. The second-order valence-corrected chi connectivity index (χ2v) is 9.00. The summed E-state index contributed by atoms with van der Waals surface area (Å²) < 4.78 is 0. The molecule has 160 valence electrons. The molecule has 0 radical (unpaired) electrons. The van der Waals surface area contributed by atoms with E-state index >= 15 is 0 Å². The van der Waals surface area contributed by atoms with Crippen LogP contribution in [0.3, 0.4) is 0 Å². The zero-order valence-electron chi connectivity index (χ0n) is 20.0. The first-order valence-corrected chi connectivity index (χ1v) is 12.3. The average Bonchev–Trinajstić information content (AvgIpc) is 2.76. The lowest BCUT2D eigenvalue weighted by molar-refractivity contribution is 0.403. The minimum Gasteiger partial charge on any atom is -0.0654 e. The molecule has 2 atom stereocenters. The van der Waals surface area contributed by atoms with Crippen molar-refractivity contribution in [3.63, 3.8) is 0 Å². The predicted octanol–water partition coefficient (Wildman–Crippen LogP) is 8.48. The number of hydrogen-bond acceptors (Lipinski definition) is 0. The van der Waals surface area contributed by atoms with E-state index < -0.39 is 0 Å². The van der Waals surface area contributed by atoms with Crippen LogP contribution in [-0.2, 0) is 32.1 Å². The highest BCUT2D eigenvalue weighted by Crippen LogP contribution is 2.31. The van der Waals surface area contributed by atoms with E-state index in [0.717, 1.165) is 31.6 Å². The minimum atomic E-state index is 0.633. The van der Waals surface area contributed by atoms with E-state index in [0.29, 0.717) is 5.92 Å². The van der Waals surface area contributed by atoms with E-state index in [9.17, 15) is 0 Å². The summed E-state index contributed by atoms with van der Waals surface area (Å²) in [6.07, 6.45) is 11.1. The van der Waals surface area contributed by atoms with Crippen molar-refractivity contribution in [1.29, 1.82) is 0 Å². The summed E-state index contributed by atoms with van der Waals surface area (Å²) in [5, 5.41) is 0. The number of rotatable bonds is 12. The van der Waals surface area contributed by atoms with Gasteiger partial charge in [0.05, 0.1) is 0 Å². The van der Waals surface area contributed by atoms with Gasteiger partial charge < -0.3 is 0 Å². The van der Waals surface area contributed by atoms with Crippen molar-refractivity contribution in [2.24, 2.45) is 5.92 Å². The van der Waals surface area contributed by atoms with Gasteiger partial charge in [-0.2, -0.15) is 0 Å². The van der Waals surface area contributed by atoms with Crippen LogP contribution >= 0.6 is 0 Å². The van der Waals surface area contributed by atoms with Crippen LogP contribution in [0.25, 0.3) is 0 Å². The van der Waals surface area contributed by atoms with Crippen molar-refractivity contribution in [3.8, 4) is 0 Å². The van der Waals surface area contributed by atoms with Gasteiger partial charge in [0.1, 0.15) is 0 Å². The Kier molecular flexibility index (Phi) is 9.98. The summed E-state index contributed by atoms with van der Waals surface area (Å²) in [6, 6.07) is 14.7. The molecular weight excluding hydrogens is 348 g/mol. The molecule has 0 saturated carbocycles. The SMILES string of the molecule is CCCCC(Cc1cc(CC)cc(CC)c1)CC(C)c1cc(CC)cc(CC)c1. The van der Waals surface area contributed by atoms with Gasteiger partial charge in [-0.25, -0.2) is 0 Å². The molecule has 0 aliphatic carbocycles. The van der Waals surface area contributed by atoms with Gasteiger partial charge >= 0.3 is 0 Å². The van der Waals surface area contributed by atoms with E-state index in [2.05, 4.69) is 77.9 Å². The number of benzene rings is 2. The molecule has 0 heteroatoms. The Morgan fingerprint density at radius 1 is 0.621 bits per heavy atom. The summed E-state index contributed by atoms with van der Waals surface area (Å²) >= 11 is 0. The van der Waals surface area contributed by atoms with Crippen LogP contribution in [-0.4, -0.2) is 0 Å². The predicted molar refractivity (Wildman–Crippen MR) is 130 cm³/mol. The Hall–Kier alpha value is -1.56. The zero-order valence-corrected chi connectivity index (χ0v) is 20.0. The molecule has 0 aromatic heterocycles. The van der Waals surface area contributed by atoms with Crippen LogP contribution in [0.1, 0.15) is 107 Å². The Bertz CT molecular complexity index is 695. The topological polar surface area (TPSA) is 0 Å². The monoisotopic (exact) mass is 392 g/mol. The fourth-order valence-electron chi connectivity index (χ4n) is 4.62. The van der Waals surface area contributed by atoms with Crippen molar-refractivity contribution >= 4 is 0 Å². The van der Waals surface area contributed by atoms with Gasteiger partial charge in [-0.05, 0) is 83.7 Å². The highest BCUT2D eigenvalue weighted by molar-refractivity contribution is 5.33. The van der Waals surface area contributed by atoms with E-state index in [4.69, 9.17) is 0 Å². The van der Waals surface area contributed by atoms with Crippen LogP contribution in [0.15, 0.2) is 36.4 Å². The van der Waals surface area contributed by atoms with E-state index in [-0.39, 0.29) is 0 Å². The van der Waals surface area contributed by atoms with Crippen molar-refractivity contribution in [3.05, 3.63) is 69.8 Å². The molecule has 0 aliphatic rings. The van der Waals surface area contributed by atoms with E-state index in [1.54, 1.807) is 11.1 Å². The maximum absolute atomic E-state index is 2.47. The molecule has 0 spiro atoms. The molecule has 29 heavy (non-hydrogen) atoms. The van der Waals surface area contributed by atoms with Gasteiger partial charge in [0.25, 0.3) is 0 Å². The number of unbranched alkanes of at least 4 members (excludes halogenated alkanes) is 1. The zero-order chi connectivity index (χ0) is 21.2. The molecule has 2 aromatic carbocycles. The third kappa shape index (κ3) is 7.32. The van der Waals surface area contributed by atoms with Crippen LogP contribution in [0.5, 0.6) is 0 Å². The third-order valence-electron chi connectivity index (χ3n) is 6.57. The highest BCUT2D eigenvalue weighted by Gasteiger charge is 2.17. The first kappa shape index (κ1) is 23.7. The lowest BCUT2D eigenvalue weighted by Crippen LogP contribution is -2.10. The lowest BCUT2D eigenvalue weighted by Gasteiger charge is -2.23. The molecule has 2 unspecified atom stereocenters. The van der Waals surface area contributed by atoms with Crippen LogP contribution in [0.2, 0.25) is 0 Å². The maximum Gasteiger partial charge on any atom is -0.0187 e. The van der Waals surface area contributed by atoms with Crippen LogP contribution in [0.4, 0.5) is 0 Å². The fourth-order valence-corrected chi connectivity index (χ4v) is 4.62. The van der Waals surface area contributed by atoms with Gasteiger partial charge in [-0.15, -0.1) is 0 Å². The van der Waals surface area contributed by atoms with Crippen LogP contribution in [0, 0.1) is 5.92 Å². The molecule has 0 N–H and O–H groups in total. The highest BCUT2D eigenvalue weighted by atomic mass is 14.2. The summed E-state index contributed by atoms with van der Waals surface area (Å²) in [7, 11) is 0. The third-order valence-corrected chi connectivity index (χ3v) is 6.57. The van der Waals surface area contributed by atoms with Gasteiger partial charge in [-0.1, -0.05) is 97.2 Å². The molecule has 2 aromatic rings. The Morgan fingerprint density at radius 3 is 1.52 bits per heavy atom. The Balaban J connectivity index is 2.20. The lowest BCUT2D eigenvalue weighted by atomic mass is 9.82. The second kappa shape index (κ2) is 12.2. The molecule has 0 fully saturated rings. The van der Waals surface area contributed by atoms with Gasteiger partial charge in [0.15, 0.2) is 0 Å². The van der Waals surface area contributed by atoms with Crippen molar-refractivity contribution < 1.29 is 0 Å². The van der Waals surface area contributed by atoms with Crippen molar-refractivity contribution in [2.45, 2.75) is 105 Å². The van der Waals surface area contributed by atoms with E-state index in [1.807, 2.05) is 0 Å². The summed E-state index contributed by atoms with van der Waals surface area (Å²) in [4.78, 5) is 0. The molecule has 0 amide bonds. The number of aryl methyl sites for hydroxylation is 4. The normalized spacial score (nSPS) is 13.4. The van der Waals surface area contributed by atoms with Crippen LogP contribution < -0.4 is 0 Å². The van der Waals surface area contributed by atoms with Gasteiger partial charge in [0.2, 0.25) is 0 Å². The average molecular weight is 393 g/mol. The summed E-state index contributed by atoms with van der Waals surface area (Å²) in [5.74, 6) is 1.41. The first-order chi connectivity index (χ1) is 14.0. The first-order valence-electron chi connectivity index (χ1n) is 12.3. The van der Waals surface area contributed by atoms with Crippen molar-refractivity contribution in [1.82, 2.24) is 0 Å². The molecule has 2 rings (SSSR count).